The second-order valence-electron chi connectivity index (χ2n) is 3.44. The number of hydrazine groups is 1. The molecule has 0 atom stereocenters. The molecule has 2 amide bonds. The number of rotatable bonds is 4. The molecule has 0 saturated heterocycles. The van der Waals surface area contributed by atoms with E-state index in [2.05, 4.69) is 0 Å². The van der Waals surface area contributed by atoms with E-state index in [1.165, 1.54) is 0 Å². The summed E-state index contributed by atoms with van der Waals surface area (Å²) in [5, 5.41) is 8.73. The first-order chi connectivity index (χ1) is 8.50. The van der Waals surface area contributed by atoms with Gasteiger partial charge in [0.05, 0.1) is 6.42 Å². The predicted molar refractivity (Wildman–Crippen MR) is 63.0 cm³/mol. The number of amides is 2. The zero-order valence-electron chi connectivity index (χ0n) is 9.45. The molecule has 94 valence electrons. The molecule has 0 heterocycles. The second-order valence-corrected chi connectivity index (χ2v) is 3.44. The Hall–Kier alpha value is -2.47. The smallest absolute Gasteiger partial charge is 0.328 e. The van der Waals surface area contributed by atoms with E-state index >= 15 is 0 Å². The maximum atomic E-state index is 11.6. The summed E-state index contributed by atoms with van der Waals surface area (Å²) in [5.74, 6) is 2.51. The average molecular weight is 248 g/mol. The lowest BCUT2D eigenvalue weighted by molar-refractivity contribution is -0.142. The van der Waals surface area contributed by atoms with Gasteiger partial charge in [-0.2, -0.15) is 0 Å². The monoisotopic (exact) mass is 248 g/mol. The molecule has 0 aliphatic carbocycles. The Kier molecular flexibility index (Phi) is 4.77. The van der Waals surface area contributed by atoms with Gasteiger partial charge in [0, 0.05) is 12.2 Å². The van der Waals surface area contributed by atoms with Crippen LogP contribution in [-0.2, 0) is 20.8 Å². The Balaban J connectivity index is 2.62. The number of imide groups is 1. The van der Waals surface area contributed by atoms with E-state index in [4.69, 9.17) is 10.9 Å². The highest BCUT2D eigenvalue weighted by molar-refractivity contribution is 6.02. The molecule has 0 saturated carbocycles. The van der Waals surface area contributed by atoms with Crippen LogP contribution in [0.3, 0.4) is 0 Å². The first kappa shape index (κ1) is 13.6. The highest BCUT2D eigenvalue weighted by Gasteiger charge is 2.15. The number of nitrogens with two attached hydrogens (primary N) is 1. The summed E-state index contributed by atoms with van der Waals surface area (Å²) in [5.41, 5.74) is 0.716. The van der Waals surface area contributed by atoms with Gasteiger partial charge in [-0.05, 0) is 5.56 Å². The van der Waals surface area contributed by atoms with Gasteiger partial charge < -0.3 is 5.11 Å². The Morgan fingerprint density at radius 3 is 2.33 bits per heavy atom. The molecule has 6 nitrogen and oxygen atoms in total. The lowest BCUT2D eigenvalue weighted by Gasteiger charge is -2.12. The Morgan fingerprint density at radius 2 is 1.78 bits per heavy atom. The molecule has 0 unspecified atom stereocenters. The van der Waals surface area contributed by atoms with E-state index in [1.54, 1.807) is 30.3 Å². The average Bonchev–Trinajstić information content (AvgIpc) is 2.36. The topological polar surface area (TPSA) is 101 Å². The van der Waals surface area contributed by atoms with Gasteiger partial charge in [0.15, 0.2) is 0 Å². The molecular weight excluding hydrogens is 236 g/mol. The molecule has 3 N–H and O–H groups in total. The number of hydrogen-bond donors (Lipinski definition) is 2. The van der Waals surface area contributed by atoms with Gasteiger partial charge in [-0.15, -0.1) is 0 Å². The first-order valence-electron chi connectivity index (χ1n) is 5.07. The fourth-order valence-corrected chi connectivity index (χ4v) is 1.20. The fourth-order valence-electron chi connectivity index (χ4n) is 1.20. The number of carboxylic acids is 1. The van der Waals surface area contributed by atoms with Crippen LogP contribution in [0.5, 0.6) is 0 Å². The summed E-state index contributed by atoms with van der Waals surface area (Å²) in [6.45, 7) is 0. The molecule has 1 aromatic rings. The Morgan fingerprint density at radius 1 is 1.17 bits per heavy atom. The highest BCUT2D eigenvalue weighted by atomic mass is 16.4. The standard InChI is InChI=1S/C12H12N2O4/c13-14(10(15)6-7-12(17)18)11(16)8-9-4-2-1-3-5-9/h1-7H,8,13H2,(H,17,18). The van der Waals surface area contributed by atoms with Crippen molar-refractivity contribution in [1.82, 2.24) is 5.01 Å². The summed E-state index contributed by atoms with van der Waals surface area (Å²) in [7, 11) is 0. The third-order valence-corrected chi connectivity index (χ3v) is 2.07. The number of carbonyl (C=O) groups excluding carboxylic acids is 2. The van der Waals surface area contributed by atoms with E-state index < -0.39 is 17.8 Å². The van der Waals surface area contributed by atoms with E-state index in [0.717, 1.165) is 6.08 Å². The lowest BCUT2D eigenvalue weighted by Crippen LogP contribution is -2.42. The van der Waals surface area contributed by atoms with Crippen LogP contribution in [0.25, 0.3) is 0 Å². The quantitative estimate of drug-likeness (QED) is 0.340. The van der Waals surface area contributed by atoms with Crippen molar-refractivity contribution in [3.05, 3.63) is 48.0 Å². The van der Waals surface area contributed by atoms with Gasteiger partial charge in [-0.1, -0.05) is 30.3 Å². The normalized spacial score (nSPS) is 10.3. The van der Waals surface area contributed by atoms with Crippen molar-refractivity contribution in [2.24, 2.45) is 5.84 Å². The molecule has 0 bridgehead atoms. The molecule has 18 heavy (non-hydrogen) atoms. The largest absolute Gasteiger partial charge is 0.478 e. The molecule has 0 fully saturated rings. The summed E-state index contributed by atoms with van der Waals surface area (Å²) in [4.78, 5) is 33.1. The molecule has 0 radical (unpaired) electrons. The molecule has 1 aromatic carbocycles. The van der Waals surface area contributed by atoms with Crippen LogP contribution in [0, 0.1) is 0 Å². The zero-order valence-corrected chi connectivity index (χ0v) is 9.45. The van der Waals surface area contributed by atoms with E-state index in [9.17, 15) is 14.4 Å². The lowest BCUT2D eigenvalue weighted by atomic mass is 10.1. The van der Waals surface area contributed by atoms with Gasteiger partial charge >= 0.3 is 5.97 Å². The molecule has 0 aliphatic heterocycles. The first-order valence-corrected chi connectivity index (χ1v) is 5.07. The summed E-state index contributed by atoms with van der Waals surface area (Å²) < 4.78 is 0. The molecule has 1 rings (SSSR count). The van der Waals surface area contributed by atoms with Crippen LogP contribution >= 0.6 is 0 Å². The third-order valence-electron chi connectivity index (χ3n) is 2.07. The SMILES string of the molecule is NN(C(=O)C=CC(=O)O)C(=O)Cc1ccccc1. The van der Waals surface area contributed by atoms with Crippen molar-refractivity contribution in [2.45, 2.75) is 6.42 Å². The van der Waals surface area contributed by atoms with E-state index in [1.807, 2.05) is 0 Å². The molecule has 0 spiro atoms. The minimum Gasteiger partial charge on any atom is -0.478 e. The number of benzene rings is 1. The van der Waals surface area contributed by atoms with E-state index in [0.29, 0.717) is 16.6 Å². The van der Waals surface area contributed by atoms with Crippen LogP contribution in [0.2, 0.25) is 0 Å². The summed E-state index contributed by atoms with van der Waals surface area (Å²) in [6.07, 6.45) is 1.33. The van der Waals surface area contributed by atoms with Gasteiger partial charge in [0.1, 0.15) is 0 Å². The van der Waals surface area contributed by atoms with Crippen molar-refractivity contribution < 1.29 is 19.5 Å². The molecule has 6 heteroatoms. The molecule has 0 aromatic heterocycles. The number of aliphatic carboxylic acids is 1. The third kappa shape index (κ3) is 4.18. The van der Waals surface area contributed by atoms with Crippen LogP contribution in [-0.4, -0.2) is 27.9 Å². The van der Waals surface area contributed by atoms with Gasteiger partial charge in [0.2, 0.25) is 5.91 Å². The number of nitrogens with zero attached hydrogens (tertiary/aromatic N) is 1. The Labute approximate surface area is 103 Å². The van der Waals surface area contributed by atoms with Crippen LogP contribution in [0.4, 0.5) is 0 Å². The van der Waals surface area contributed by atoms with Crippen molar-refractivity contribution in [2.75, 3.05) is 0 Å². The predicted octanol–water partition coefficient (Wildman–Crippen LogP) is 0.0988. The molecular formula is C12H12N2O4. The van der Waals surface area contributed by atoms with Crippen LogP contribution in [0.15, 0.2) is 42.5 Å². The minimum absolute atomic E-state index is 0.0238. The summed E-state index contributed by atoms with van der Waals surface area (Å²) >= 11 is 0. The van der Waals surface area contributed by atoms with Crippen LogP contribution < -0.4 is 5.84 Å². The summed E-state index contributed by atoms with van der Waals surface area (Å²) in [6, 6.07) is 8.77. The minimum atomic E-state index is -1.28. The van der Waals surface area contributed by atoms with E-state index in [-0.39, 0.29) is 6.42 Å². The number of hydrogen-bond acceptors (Lipinski definition) is 4. The maximum Gasteiger partial charge on any atom is 0.328 e. The van der Waals surface area contributed by atoms with Crippen molar-refractivity contribution >= 4 is 17.8 Å². The van der Waals surface area contributed by atoms with Gasteiger partial charge in [0.25, 0.3) is 5.91 Å². The number of carbonyl (C=O) groups is 3. The van der Waals surface area contributed by atoms with Crippen molar-refractivity contribution in [3.8, 4) is 0 Å². The number of carboxylic acid groups (broad SMARTS) is 1. The fraction of sp³-hybridized carbons (Fsp3) is 0.0833. The second kappa shape index (κ2) is 6.31. The Bertz CT molecular complexity index is 482. The maximum absolute atomic E-state index is 11.6. The van der Waals surface area contributed by atoms with Gasteiger partial charge in [-0.3, -0.25) is 9.59 Å². The van der Waals surface area contributed by atoms with Crippen molar-refractivity contribution in [3.63, 3.8) is 0 Å². The molecule has 0 aliphatic rings. The van der Waals surface area contributed by atoms with Crippen molar-refractivity contribution in [1.29, 1.82) is 0 Å². The van der Waals surface area contributed by atoms with Crippen LogP contribution in [0.1, 0.15) is 5.56 Å². The highest BCUT2D eigenvalue weighted by Crippen LogP contribution is 2.01. The zero-order chi connectivity index (χ0) is 13.5. The van der Waals surface area contributed by atoms with Gasteiger partial charge in [-0.25, -0.2) is 15.6 Å².